The smallest absolute Gasteiger partial charge is 0.447 e. The first-order valence-corrected chi connectivity index (χ1v) is 11.7. The summed E-state index contributed by atoms with van der Waals surface area (Å²) in [6.07, 6.45) is -4.14. The number of cyclic esters (lactones) is 1. The van der Waals surface area contributed by atoms with Gasteiger partial charge >= 0.3 is 12.5 Å². The third-order valence-electron chi connectivity index (χ3n) is 5.38. The van der Waals surface area contributed by atoms with Gasteiger partial charge in [0.05, 0.1) is 11.7 Å². The molecule has 0 radical (unpaired) electrons. The highest BCUT2D eigenvalue weighted by Crippen LogP contribution is 2.29. The number of carbonyl (C=O) groups excluding carboxylic acids is 1. The molecule has 2 aromatic heterocycles. The minimum atomic E-state index is -4.78. The van der Waals surface area contributed by atoms with Gasteiger partial charge in [-0.2, -0.15) is 9.97 Å². The van der Waals surface area contributed by atoms with E-state index < -0.39 is 24.1 Å². The Morgan fingerprint density at radius 3 is 2.47 bits per heavy atom. The molecule has 3 aromatic rings. The molecule has 38 heavy (non-hydrogen) atoms. The van der Waals surface area contributed by atoms with Gasteiger partial charge in [0.2, 0.25) is 17.7 Å². The number of aromatic nitrogens is 4. The molecule has 4 rings (SSSR count). The molecule has 1 saturated heterocycles. The van der Waals surface area contributed by atoms with Gasteiger partial charge in [0, 0.05) is 11.8 Å². The zero-order chi connectivity index (χ0) is 27.7. The van der Waals surface area contributed by atoms with Gasteiger partial charge in [-0.3, -0.25) is 4.90 Å². The van der Waals surface area contributed by atoms with Crippen LogP contribution in [0.25, 0.3) is 11.4 Å². The standard InChI is InChI=1S/C24H27F3N6O5/c1-13(20-31-19(32-38-20)15-6-8-16(9-7-15)37-24(25,26)27)29-21-28-11-10-18(30-21)33-17(12-35-22(33)34)14(2)36-23(3,4)5/h6-11,13-14,17H,12H2,1-5H3,(H,28,29,30)/t13?,14-,17-/m1/s1. The van der Waals surface area contributed by atoms with Crippen molar-refractivity contribution in [1.82, 2.24) is 20.1 Å². The Bertz CT molecular complexity index is 1260. The number of amides is 1. The predicted octanol–water partition coefficient (Wildman–Crippen LogP) is 5.13. The quantitative estimate of drug-likeness (QED) is 0.414. The highest BCUT2D eigenvalue weighted by atomic mass is 19.4. The van der Waals surface area contributed by atoms with E-state index in [4.69, 9.17) is 14.0 Å². The number of benzene rings is 1. The van der Waals surface area contributed by atoms with Crippen molar-refractivity contribution in [3.8, 4) is 17.1 Å². The van der Waals surface area contributed by atoms with E-state index >= 15 is 0 Å². The monoisotopic (exact) mass is 536 g/mol. The van der Waals surface area contributed by atoms with Crippen LogP contribution in [0, 0.1) is 0 Å². The molecule has 3 heterocycles. The molecule has 1 aliphatic heterocycles. The van der Waals surface area contributed by atoms with E-state index in [9.17, 15) is 18.0 Å². The number of rotatable bonds is 8. The van der Waals surface area contributed by atoms with Crippen LogP contribution < -0.4 is 15.0 Å². The Labute approximate surface area is 216 Å². The van der Waals surface area contributed by atoms with Crippen molar-refractivity contribution in [2.45, 2.75) is 64.8 Å². The summed E-state index contributed by atoms with van der Waals surface area (Å²) < 4.78 is 57.6. The number of halogens is 3. The van der Waals surface area contributed by atoms with Gasteiger partial charge in [0.15, 0.2) is 0 Å². The largest absolute Gasteiger partial charge is 0.573 e. The lowest BCUT2D eigenvalue weighted by Crippen LogP contribution is -2.45. The number of ether oxygens (including phenoxy) is 3. The van der Waals surface area contributed by atoms with E-state index in [2.05, 4.69) is 30.2 Å². The van der Waals surface area contributed by atoms with Crippen LogP contribution in [0.15, 0.2) is 41.1 Å². The molecule has 14 heteroatoms. The Balaban J connectivity index is 1.45. The first kappa shape index (κ1) is 27.1. The first-order valence-electron chi connectivity index (χ1n) is 11.7. The first-order chi connectivity index (χ1) is 17.8. The average Bonchev–Trinajstić information content (AvgIpc) is 3.45. The minimum Gasteiger partial charge on any atom is -0.447 e. The van der Waals surface area contributed by atoms with Crippen LogP contribution in [0.5, 0.6) is 5.75 Å². The maximum atomic E-state index is 12.5. The van der Waals surface area contributed by atoms with Gasteiger partial charge in [0.1, 0.15) is 30.3 Å². The molecule has 1 amide bonds. The summed E-state index contributed by atoms with van der Waals surface area (Å²) in [5.41, 5.74) is 0.0250. The van der Waals surface area contributed by atoms with Crippen molar-refractivity contribution in [3.05, 3.63) is 42.4 Å². The number of alkyl halides is 3. The third-order valence-corrected chi connectivity index (χ3v) is 5.38. The molecule has 0 spiro atoms. The van der Waals surface area contributed by atoms with Crippen LogP contribution in [-0.2, 0) is 9.47 Å². The molecule has 0 aliphatic carbocycles. The summed E-state index contributed by atoms with van der Waals surface area (Å²) in [4.78, 5) is 26.9. The maximum absolute atomic E-state index is 12.5. The molecule has 1 fully saturated rings. The molecule has 1 N–H and O–H groups in total. The second-order valence-corrected chi connectivity index (χ2v) is 9.58. The molecule has 0 saturated carbocycles. The Hall–Kier alpha value is -3.94. The normalized spacial score (nSPS) is 17.7. The van der Waals surface area contributed by atoms with Gasteiger partial charge in [-0.1, -0.05) is 5.16 Å². The lowest BCUT2D eigenvalue weighted by molar-refractivity contribution is -0.274. The Morgan fingerprint density at radius 1 is 1.11 bits per heavy atom. The second-order valence-electron chi connectivity index (χ2n) is 9.58. The number of carbonyl (C=O) groups is 1. The molecule has 11 nitrogen and oxygen atoms in total. The fraction of sp³-hybridized carbons (Fsp3) is 0.458. The predicted molar refractivity (Wildman–Crippen MR) is 128 cm³/mol. The molecule has 0 bridgehead atoms. The van der Waals surface area contributed by atoms with Gasteiger partial charge in [-0.15, -0.1) is 13.2 Å². The number of nitrogens with zero attached hydrogens (tertiary/aromatic N) is 5. The molecule has 204 valence electrons. The lowest BCUT2D eigenvalue weighted by atomic mass is 10.1. The molecule has 1 aromatic carbocycles. The molecule has 1 aliphatic rings. The zero-order valence-electron chi connectivity index (χ0n) is 21.3. The van der Waals surface area contributed by atoms with Gasteiger partial charge < -0.3 is 24.1 Å². The molecule has 3 atom stereocenters. The van der Waals surface area contributed by atoms with Crippen LogP contribution in [0.4, 0.5) is 29.7 Å². The number of nitrogens with one attached hydrogen (secondary N) is 1. The maximum Gasteiger partial charge on any atom is 0.573 e. The summed E-state index contributed by atoms with van der Waals surface area (Å²) in [7, 11) is 0. The highest BCUT2D eigenvalue weighted by molar-refractivity contribution is 5.89. The average molecular weight is 537 g/mol. The van der Waals surface area contributed by atoms with E-state index in [1.807, 2.05) is 27.7 Å². The number of hydrogen-bond donors (Lipinski definition) is 1. The topological polar surface area (TPSA) is 125 Å². The lowest BCUT2D eigenvalue weighted by Gasteiger charge is -2.31. The van der Waals surface area contributed by atoms with E-state index in [1.54, 1.807) is 13.0 Å². The summed E-state index contributed by atoms with van der Waals surface area (Å²) in [5.74, 6) is 0.540. The van der Waals surface area contributed by atoms with Crippen molar-refractivity contribution in [1.29, 1.82) is 0 Å². The van der Waals surface area contributed by atoms with Crippen molar-refractivity contribution < 1.29 is 36.7 Å². The number of hydrogen-bond acceptors (Lipinski definition) is 10. The fourth-order valence-electron chi connectivity index (χ4n) is 3.82. The minimum absolute atomic E-state index is 0.160. The van der Waals surface area contributed by atoms with Gasteiger partial charge in [0.25, 0.3) is 0 Å². The van der Waals surface area contributed by atoms with Crippen LogP contribution in [-0.4, -0.2) is 56.9 Å². The van der Waals surface area contributed by atoms with Crippen molar-refractivity contribution in [2.75, 3.05) is 16.8 Å². The van der Waals surface area contributed by atoms with Crippen molar-refractivity contribution in [3.63, 3.8) is 0 Å². The van der Waals surface area contributed by atoms with Crippen molar-refractivity contribution >= 4 is 17.9 Å². The highest BCUT2D eigenvalue weighted by Gasteiger charge is 2.40. The second kappa shape index (κ2) is 10.4. The molecular formula is C24H27F3N6O5. The van der Waals surface area contributed by atoms with Crippen LogP contribution in [0.2, 0.25) is 0 Å². The summed E-state index contributed by atoms with van der Waals surface area (Å²) in [6, 6.07) is 5.76. The Kier molecular flexibility index (Phi) is 7.44. The zero-order valence-corrected chi connectivity index (χ0v) is 21.3. The van der Waals surface area contributed by atoms with E-state index in [1.165, 1.54) is 23.2 Å². The number of anilines is 2. The van der Waals surface area contributed by atoms with Crippen molar-refractivity contribution in [2.24, 2.45) is 0 Å². The summed E-state index contributed by atoms with van der Waals surface area (Å²) in [6.45, 7) is 9.56. The van der Waals surface area contributed by atoms with Crippen LogP contribution >= 0.6 is 0 Å². The van der Waals surface area contributed by atoms with E-state index in [-0.39, 0.29) is 42.2 Å². The molecular weight excluding hydrogens is 509 g/mol. The fourth-order valence-corrected chi connectivity index (χ4v) is 3.82. The van der Waals surface area contributed by atoms with E-state index in [0.717, 1.165) is 12.1 Å². The summed E-state index contributed by atoms with van der Waals surface area (Å²) >= 11 is 0. The SMILES string of the molecule is CC(Nc1nccc(N2C(=O)OC[C@@H]2[C@@H](C)OC(C)(C)C)n1)c1nc(-c2ccc(OC(F)(F)F)cc2)no1. The van der Waals surface area contributed by atoms with Gasteiger partial charge in [-0.25, -0.2) is 9.78 Å². The molecule has 1 unspecified atom stereocenters. The van der Waals surface area contributed by atoms with E-state index in [0.29, 0.717) is 11.4 Å². The third kappa shape index (κ3) is 6.68. The van der Waals surface area contributed by atoms with Crippen LogP contribution in [0.3, 0.4) is 0 Å². The Morgan fingerprint density at radius 2 is 1.82 bits per heavy atom. The van der Waals surface area contributed by atoms with Crippen LogP contribution in [0.1, 0.15) is 46.6 Å². The summed E-state index contributed by atoms with van der Waals surface area (Å²) in [5, 5.41) is 6.93. The van der Waals surface area contributed by atoms with Gasteiger partial charge in [-0.05, 0) is 65.0 Å².